The molecule has 0 aliphatic heterocycles. The quantitative estimate of drug-likeness (QED) is 0.784. The molecule has 0 aromatic heterocycles. The number of rotatable bonds is 5. The molecule has 120 valence electrons. The number of carbonyl (C=O) groups is 2. The predicted octanol–water partition coefficient (Wildman–Crippen LogP) is 1.44. The molecule has 0 aliphatic rings. The van der Waals surface area contributed by atoms with E-state index in [-0.39, 0.29) is 17.1 Å². The van der Waals surface area contributed by atoms with Gasteiger partial charge in [0.05, 0.1) is 22.2 Å². The van der Waals surface area contributed by atoms with Crippen molar-refractivity contribution in [2.45, 2.75) is 25.2 Å². The van der Waals surface area contributed by atoms with Gasteiger partial charge in [0, 0.05) is 12.8 Å². The normalized spacial score (nSPS) is 9.91. The van der Waals surface area contributed by atoms with Crippen molar-refractivity contribution in [1.29, 1.82) is 5.26 Å². The standard InChI is InChI=1S/C10H12N2O2S.C4H6O3/c1-3-12-9-5-4-8(7-11)6-10(9)15(2,13)14;1-3(5)2-4(6)7/h4-6,12H,3H2,1-2H3;2H2,1H3,(H,6,7). The molecular weight excluding hydrogens is 308 g/mol. The second-order valence-electron chi connectivity index (χ2n) is 4.40. The Bertz CT molecular complexity index is 678. The third kappa shape index (κ3) is 7.40. The zero-order valence-electron chi connectivity index (χ0n) is 12.6. The molecule has 0 amide bonds. The van der Waals surface area contributed by atoms with Gasteiger partial charge >= 0.3 is 5.97 Å². The molecule has 0 atom stereocenters. The van der Waals surface area contributed by atoms with E-state index in [1.54, 1.807) is 12.1 Å². The van der Waals surface area contributed by atoms with Crippen LogP contribution in [-0.4, -0.2) is 38.1 Å². The van der Waals surface area contributed by atoms with Gasteiger partial charge in [-0.3, -0.25) is 9.59 Å². The maximum absolute atomic E-state index is 11.4. The number of carbonyl (C=O) groups excluding carboxylic acids is 1. The number of aliphatic carboxylic acids is 1. The van der Waals surface area contributed by atoms with E-state index in [1.165, 1.54) is 13.0 Å². The third-order valence-corrected chi connectivity index (χ3v) is 3.41. The molecule has 0 spiro atoms. The molecule has 0 heterocycles. The van der Waals surface area contributed by atoms with Gasteiger partial charge in [0.25, 0.3) is 0 Å². The highest BCUT2D eigenvalue weighted by Gasteiger charge is 2.13. The monoisotopic (exact) mass is 326 g/mol. The van der Waals surface area contributed by atoms with Crippen LogP contribution in [0.3, 0.4) is 0 Å². The van der Waals surface area contributed by atoms with E-state index in [4.69, 9.17) is 10.4 Å². The van der Waals surface area contributed by atoms with Crippen LogP contribution in [0, 0.1) is 11.3 Å². The van der Waals surface area contributed by atoms with Crippen LogP contribution in [0.25, 0.3) is 0 Å². The summed E-state index contributed by atoms with van der Waals surface area (Å²) in [6, 6.07) is 6.50. The molecule has 0 bridgehead atoms. The summed E-state index contributed by atoms with van der Waals surface area (Å²) in [6.07, 6.45) is 0.768. The zero-order chi connectivity index (χ0) is 17.3. The van der Waals surface area contributed by atoms with E-state index >= 15 is 0 Å². The van der Waals surface area contributed by atoms with Gasteiger partial charge < -0.3 is 10.4 Å². The topological polar surface area (TPSA) is 124 Å². The van der Waals surface area contributed by atoms with Gasteiger partial charge in [-0.05, 0) is 32.0 Å². The molecular formula is C14H18N2O5S. The Kier molecular flexibility index (Phi) is 7.83. The number of nitrogens with one attached hydrogen (secondary N) is 1. The summed E-state index contributed by atoms with van der Waals surface area (Å²) in [4.78, 5) is 19.6. The molecule has 8 heteroatoms. The summed E-state index contributed by atoms with van der Waals surface area (Å²) in [5, 5.41) is 19.5. The fraction of sp³-hybridized carbons (Fsp3) is 0.357. The first-order chi connectivity index (χ1) is 10.1. The highest BCUT2D eigenvalue weighted by Crippen LogP contribution is 2.22. The van der Waals surface area contributed by atoms with Crippen molar-refractivity contribution >= 4 is 27.3 Å². The maximum Gasteiger partial charge on any atom is 0.310 e. The van der Waals surface area contributed by atoms with Crippen LogP contribution in [0.15, 0.2) is 23.1 Å². The van der Waals surface area contributed by atoms with Crippen molar-refractivity contribution in [3.8, 4) is 6.07 Å². The van der Waals surface area contributed by atoms with Crippen molar-refractivity contribution in [2.75, 3.05) is 18.1 Å². The molecule has 1 aromatic carbocycles. The minimum Gasteiger partial charge on any atom is -0.481 e. The largest absolute Gasteiger partial charge is 0.481 e. The molecule has 0 aliphatic carbocycles. The van der Waals surface area contributed by atoms with Gasteiger partial charge in [-0.15, -0.1) is 0 Å². The highest BCUT2D eigenvalue weighted by atomic mass is 32.2. The van der Waals surface area contributed by atoms with Crippen LogP contribution in [0.5, 0.6) is 0 Å². The summed E-state index contributed by atoms with van der Waals surface area (Å²) in [5.41, 5.74) is 0.885. The predicted molar refractivity (Wildman–Crippen MR) is 81.4 cm³/mol. The van der Waals surface area contributed by atoms with Gasteiger partial charge in [-0.25, -0.2) is 8.42 Å². The number of nitrogens with zero attached hydrogens (tertiary/aromatic N) is 1. The molecule has 22 heavy (non-hydrogen) atoms. The SMILES string of the molecule is CC(=O)CC(=O)O.CCNc1ccc(C#N)cc1S(C)(=O)=O. The summed E-state index contributed by atoms with van der Waals surface area (Å²) in [6.45, 7) is 3.76. The fourth-order valence-corrected chi connectivity index (χ4v) is 2.33. The number of benzene rings is 1. The molecule has 0 unspecified atom stereocenters. The van der Waals surface area contributed by atoms with Gasteiger partial charge in [0.2, 0.25) is 0 Å². The van der Waals surface area contributed by atoms with E-state index in [0.717, 1.165) is 6.26 Å². The van der Waals surface area contributed by atoms with Gasteiger partial charge in [0.15, 0.2) is 9.84 Å². The van der Waals surface area contributed by atoms with E-state index < -0.39 is 15.8 Å². The molecule has 0 saturated heterocycles. The number of ketones is 1. The number of hydrogen-bond donors (Lipinski definition) is 2. The maximum atomic E-state index is 11.4. The van der Waals surface area contributed by atoms with Crippen LogP contribution < -0.4 is 5.32 Å². The summed E-state index contributed by atoms with van der Waals surface area (Å²) >= 11 is 0. The Morgan fingerprint density at radius 3 is 2.27 bits per heavy atom. The first-order valence-electron chi connectivity index (χ1n) is 6.31. The number of Topliss-reactive ketones (excluding diaryl/α,β-unsaturated/α-hetero) is 1. The molecule has 1 aromatic rings. The Morgan fingerprint density at radius 1 is 1.36 bits per heavy atom. The lowest BCUT2D eigenvalue weighted by Crippen LogP contribution is -2.05. The summed E-state index contributed by atoms with van der Waals surface area (Å²) in [7, 11) is -3.30. The van der Waals surface area contributed by atoms with Crippen LogP contribution in [0.4, 0.5) is 5.69 Å². The Hall–Kier alpha value is -2.40. The lowest BCUT2D eigenvalue weighted by atomic mass is 10.2. The van der Waals surface area contributed by atoms with E-state index in [1.807, 2.05) is 13.0 Å². The minimum atomic E-state index is -3.30. The summed E-state index contributed by atoms with van der Waals surface area (Å²) < 4.78 is 22.9. The molecule has 2 N–H and O–H groups in total. The number of anilines is 1. The lowest BCUT2D eigenvalue weighted by molar-refractivity contribution is -0.139. The van der Waals surface area contributed by atoms with Gasteiger partial charge in [0.1, 0.15) is 12.2 Å². The molecule has 0 saturated carbocycles. The highest BCUT2D eigenvalue weighted by molar-refractivity contribution is 7.90. The van der Waals surface area contributed by atoms with Crippen molar-refractivity contribution in [2.24, 2.45) is 0 Å². The van der Waals surface area contributed by atoms with Gasteiger partial charge in [-0.2, -0.15) is 5.26 Å². The molecule has 1 rings (SSSR count). The van der Waals surface area contributed by atoms with Crippen molar-refractivity contribution in [3.63, 3.8) is 0 Å². The fourth-order valence-electron chi connectivity index (χ4n) is 1.45. The molecule has 0 fully saturated rings. The minimum absolute atomic E-state index is 0.170. The number of hydrogen-bond acceptors (Lipinski definition) is 6. The van der Waals surface area contributed by atoms with E-state index in [0.29, 0.717) is 17.8 Å². The van der Waals surface area contributed by atoms with Crippen molar-refractivity contribution in [3.05, 3.63) is 23.8 Å². The molecule has 0 radical (unpaired) electrons. The lowest BCUT2D eigenvalue weighted by Gasteiger charge is -2.08. The van der Waals surface area contributed by atoms with Crippen molar-refractivity contribution < 1.29 is 23.1 Å². The van der Waals surface area contributed by atoms with E-state index in [9.17, 15) is 18.0 Å². The molecule has 7 nitrogen and oxygen atoms in total. The van der Waals surface area contributed by atoms with Crippen molar-refractivity contribution in [1.82, 2.24) is 0 Å². The first kappa shape index (κ1) is 19.6. The van der Waals surface area contributed by atoms with E-state index in [2.05, 4.69) is 5.32 Å². The number of sulfone groups is 1. The second kappa shape index (κ2) is 8.79. The Morgan fingerprint density at radius 2 is 1.95 bits per heavy atom. The summed E-state index contributed by atoms with van der Waals surface area (Å²) in [5.74, 6) is -1.37. The van der Waals surface area contributed by atoms with Crippen LogP contribution in [0.2, 0.25) is 0 Å². The van der Waals surface area contributed by atoms with Crippen LogP contribution in [-0.2, 0) is 19.4 Å². The van der Waals surface area contributed by atoms with Crippen LogP contribution in [0.1, 0.15) is 25.8 Å². The van der Waals surface area contributed by atoms with Crippen LogP contribution >= 0.6 is 0 Å². The third-order valence-electron chi connectivity index (χ3n) is 2.28. The average molecular weight is 326 g/mol. The number of carboxylic acid groups (broad SMARTS) is 1. The Labute approximate surface area is 129 Å². The smallest absolute Gasteiger partial charge is 0.310 e. The van der Waals surface area contributed by atoms with Gasteiger partial charge in [-0.1, -0.05) is 0 Å². The zero-order valence-corrected chi connectivity index (χ0v) is 13.4. The second-order valence-corrected chi connectivity index (χ2v) is 6.38. The average Bonchev–Trinajstić information content (AvgIpc) is 2.37. The number of carboxylic acids is 1. The Balaban J connectivity index is 0.000000534. The number of nitriles is 1. The first-order valence-corrected chi connectivity index (χ1v) is 8.20.